The molecule has 1 saturated heterocycles. The molecular weight excluding hydrogens is 474 g/mol. The lowest BCUT2D eigenvalue weighted by Gasteiger charge is -2.35. The number of amides is 1. The normalized spacial score (nSPS) is 15.6. The van der Waals surface area contributed by atoms with Crippen molar-refractivity contribution in [1.82, 2.24) is 14.9 Å². The lowest BCUT2D eigenvalue weighted by molar-refractivity contribution is -0.138. The fourth-order valence-electron chi connectivity index (χ4n) is 4.72. The molecule has 11 heteroatoms. The Morgan fingerprint density at radius 1 is 1.05 bits per heavy atom. The molecule has 2 N–H and O–H groups in total. The van der Waals surface area contributed by atoms with Crippen molar-refractivity contribution in [2.24, 2.45) is 0 Å². The van der Waals surface area contributed by atoms with E-state index < -0.39 is 5.97 Å². The van der Waals surface area contributed by atoms with Crippen LogP contribution in [0.25, 0.3) is 0 Å². The molecule has 0 aliphatic carbocycles. The van der Waals surface area contributed by atoms with E-state index in [0.717, 1.165) is 24.5 Å². The van der Waals surface area contributed by atoms with Gasteiger partial charge in [-0.25, -0.2) is 4.98 Å². The van der Waals surface area contributed by atoms with Crippen LogP contribution in [0, 0.1) is 0 Å². The van der Waals surface area contributed by atoms with E-state index in [1.165, 1.54) is 0 Å². The highest BCUT2D eigenvalue weighted by molar-refractivity contribution is 6.13. The summed E-state index contributed by atoms with van der Waals surface area (Å²) in [4.78, 5) is 40.8. The van der Waals surface area contributed by atoms with E-state index in [4.69, 9.17) is 14.8 Å². The van der Waals surface area contributed by atoms with Gasteiger partial charge in [0.25, 0.3) is 5.91 Å². The lowest BCUT2D eigenvalue weighted by atomic mass is 10.1. The molecule has 0 atom stereocenters. The number of carboxylic acids is 1. The van der Waals surface area contributed by atoms with E-state index in [2.05, 4.69) is 15.2 Å². The number of para-hydroxylation sites is 1. The van der Waals surface area contributed by atoms with Crippen molar-refractivity contribution in [1.29, 1.82) is 0 Å². The van der Waals surface area contributed by atoms with Crippen LogP contribution in [0.5, 0.6) is 5.75 Å². The van der Waals surface area contributed by atoms with Gasteiger partial charge in [0, 0.05) is 52.0 Å². The highest BCUT2D eigenvalue weighted by Crippen LogP contribution is 2.38. The number of aromatic nitrogens is 2. The average Bonchev–Trinajstić information content (AvgIpc) is 2.99. The van der Waals surface area contributed by atoms with Gasteiger partial charge in [-0.1, -0.05) is 12.1 Å². The van der Waals surface area contributed by atoms with E-state index in [0.29, 0.717) is 47.5 Å². The number of rotatable bonds is 6. The molecule has 0 bridgehead atoms. The van der Waals surface area contributed by atoms with Crippen molar-refractivity contribution >= 4 is 46.4 Å². The molecule has 37 heavy (non-hydrogen) atoms. The zero-order chi connectivity index (χ0) is 26.1. The van der Waals surface area contributed by atoms with Crippen LogP contribution in [0.4, 0.5) is 34.5 Å². The zero-order valence-electron chi connectivity index (χ0n) is 21.0. The molecule has 0 unspecified atom stereocenters. The summed E-state index contributed by atoms with van der Waals surface area (Å²) in [6, 6.07) is 13.3. The molecule has 3 aromatic rings. The number of aliphatic carboxylic acids is 1. The Bertz CT molecular complexity index is 1340. The molecule has 3 heterocycles. The third-order valence-electron chi connectivity index (χ3n) is 6.76. The van der Waals surface area contributed by atoms with Crippen molar-refractivity contribution < 1.29 is 19.4 Å². The van der Waals surface area contributed by atoms with Gasteiger partial charge < -0.3 is 29.9 Å². The first-order valence-electron chi connectivity index (χ1n) is 12.0. The third-order valence-corrected chi connectivity index (χ3v) is 6.76. The first kappa shape index (κ1) is 24.3. The molecule has 11 nitrogen and oxygen atoms in total. The molecule has 1 fully saturated rings. The van der Waals surface area contributed by atoms with Gasteiger partial charge in [0.05, 0.1) is 36.8 Å². The number of hydrogen-bond donors (Lipinski definition) is 2. The molecule has 2 aliphatic rings. The van der Waals surface area contributed by atoms with Crippen LogP contribution >= 0.6 is 0 Å². The van der Waals surface area contributed by atoms with Crippen LogP contribution in [0.2, 0.25) is 0 Å². The van der Waals surface area contributed by atoms with Crippen LogP contribution in [-0.4, -0.2) is 85.8 Å². The number of carboxylic acid groups (broad SMARTS) is 1. The van der Waals surface area contributed by atoms with E-state index in [1.807, 2.05) is 59.3 Å². The molecule has 1 aromatic heterocycles. The number of piperazine rings is 1. The minimum Gasteiger partial charge on any atom is -0.494 e. The third kappa shape index (κ3) is 4.73. The number of nitrogens with one attached hydrogen (secondary N) is 1. The molecule has 2 aliphatic heterocycles. The second-order valence-electron chi connectivity index (χ2n) is 9.01. The van der Waals surface area contributed by atoms with Gasteiger partial charge in [-0.15, -0.1) is 0 Å². The summed E-state index contributed by atoms with van der Waals surface area (Å²) in [6.45, 7) is 2.90. The van der Waals surface area contributed by atoms with Gasteiger partial charge in [-0.05, 0) is 24.3 Å². The Morgan fingerprint density at radius 2 is 1.81 bits per heavy atom. The minimum absolute atomic E-state index is 0.0610. The smallest absolute Gasteiger partial charge is 0.317 e. The molecule has 0 saturated carbocycles. The maximum Gasteiger partial charge on any atom is 0.317 e. The largest absolute Gasteiger partial charge is 0.494 e. The highest BCUT2D eigenvalue weighted by atomic mass is 16.5. The number of ether oxygens (including phenoxy) is 1. The molecule has 0 radical (unpaired) electrons. The number of carbonyl (C=O) groups excluding carboxylic acids is 1. The van der Waals surface area contributed by atoms with Crippen LogP contribution in [-0.2, 0) is 4.79 Å². The Labute approximate surface area is 214 Å². The summed E-state index contributed by atoms with van der Waals surface area (Å²) in [6.07, 6.45) is 1.64. The first-order chi connectivity index (χ1) is 17.9. The van der Waals surface area contributed by atoms with E-state index >= 15 is 0 Å². The standard InChI is InChI=1S/C26H29N7O4/c1-30-20-7-5-4-6-18(20)25(36)31(2)21-15-27-26(29-24(21)30)28-19-9-8-17(14-22(19)37-3)33-12-10-32(11-13-33)16-23(34)35/h4-9,14-15H,10-13,16H2,1-3H3,(H,34,35)(H,27,28,29). The van der Waals surface area contributed by atoms with Crippen molar-refractivity contribution in [3.8, 4) is 5.75 Å². The molecule has 192 valence electrons. The Hall–Kier alpha value is -4.38. The van der Waals surface area contributed by atoms with Crippen molar-refractivity contribution in [3.05, 3.63) is 54.2 Å². The summed E-state index contributed by atoms with van der Waals surface area (Å²) in [7, 11) is 5.21. The summed E-state index contributed by atoms with van der Waals surface area (Å²) < 4.78 is 5.66. The summed E-state index contributed by atoms with van der Waals surface area (Å²) in [5.41, 5.74) is 3.68. The SMILES string of the molecule is COc1cc(N2CCN(CC(=O)O)CC2)ccc1Nc1ncc2c(n1)N(C)c1ccccc1C(=O)N2C. The maximum absolute atomic E-state index is 13.0. The molecule has 0 spiro atoms. The summed E-state index contributed by atoms with van der Waals surface area (Å²) in [5, 5.41) is 12.3. The fraction of sp³-hybridized carbons (Fsp3) is 0.308. The number of methoxy groups -OCH3 is 1. The molecular formula is C26H29N7O4. The summed E-state index contributed by atoms with van der Waals surface area (Å²) >= 11 is 0. The monoisotopic (exact) mass is 503 g/mol. The van der Waals surface area contributed by atoms with Gasteiger partial charge in [0.1, 0.15) is 11.4 Å². The maximum atomic E-state index is 13.0. The Balaban J connectivity index is 1.38. The van der Waals surface area contributed by atoms with E-state index in [9.17, 15) is 9.59 Å². The van der Waals surface area contributed by atoms with E-state index in [-0.39, 0.29) is 12.5 Å². The van der Waals surface area contributed by atoms with Crippen molar-refractivity contribution in [2.75, 3.05) is 73.9 Å². The highest BCUT2D eigenvalue weighted by Gasteiger charge is 2.29. The minimum atomic E-state index is -0.806. The molecule has 1 amide bonds. The van der Waals surface area contributed by atoms with Gasteiger partial charge >= 0.3 is 5.97 Å². The van der Waals surface area contributed by atoms with E-state index in [1.54, 1.807) is 25.3 Å². The Morgan fingerprint density at radius 3 is 2.54 bits per heavy atom. The second-order valence-corrected chi connectivity index (χ2v) is 9.01. The number of anilines is 6. The fourth-order valence-corrected chi connectivity index (χ4v) is 4.72. The second kappa shape index (κ2) is 9.94. The zero-order valence-corrected chi connectivity index (χ0v) is 21.0. The van der Waals surface area contributed by atoms with Gasteiger partial charge in [0.2, 0.25) is 5.95 Å². The topological polar surface area (TPSA) is 114 Å². The number of benzene rings is 2. The van der Waals surface area contributed by atoms with Gasteiger partial charge in [-0.3, -0.25) is 14.5 Å². The van der Waals surface area contributed by atoms with Crippen molar-refractivity contribution in [3.63, 3.8) is 0 Å². The van der Waals surface area contributed by atoms with Crippen LogP contribution in [0.3, 0.4) is 0 Å². The predicted octanol–water partition coefficient (Wildman–Crippen LogP) is 2.79. The van der Waals surface area contributed by atoms with Gasteiger partial charge in [0.15, 0.2) is 5.82 Å². The Kier molecular flexibility index (Phi) is 6.53. The number of carbonyl (C=O) groups is 2. The molecule has 2 aromatic carbocycles. The van der Waals surface area contributed by atoms with Crippen LogP contribution in [0.1, 0.15) is 10.4 Å². The van der Waals surface area contributed by atoms with Crippen LogP contribution < -0.4 is 24.8 Å². The predicted molar refractivity (Wildman–Crippen MR) is 142 cm³/mol. The quantitative estimate of drug-likeness (QED) is 0.520. The number of hydrogen-bond acceptors (Lipinski definition) is 9. The summed E-state index contributed by atoms with van der Waals surface area (Å²) in [5.74, 6) is 0.688. The molecule has 5 rings (SSSR count). The van der Waals surface area contributed by atoms with Crippen LogP contribution in [0.15, 0.2) is 48.7 Å². The number of fused-ring (bicyclic) bond motifs is 2. The van der Waals surface area contributed by atoms with Crippen molar-refractivity contribution in [2.45, 2.75) is 0 Å². The van der Waals surface area contributed by atoms with Gasteiger partial charge in [-0.2, -0.15) is 4.98 Å². The first-order valence-corrected chi connectivity index (χ1v) is 12.0. The lowest BCUT2D eigenvalue weighted by Crippen LogP contribution is -2.47. The number of nitrogens with zero attached hydrogens (tertiary/aromatic N) is 6. The average molecular weight is 504 g/mol.